The fourth-order valence-electron chi connectivity index (χ4n) is 2.52. The van der Waals surface area contributed by atoms with Crippen molar-refractivity contribution in [2.75, 3.05) is 13.7 Å². The number of nitrogens with one attached hydrogen (secondary N) is 1. The SMILES string of the molecule is CCCNC(c1cnn(C)c1C)c1c(OC)cnn1CC. The molecule has 0 aliphatic carbocycles. The molecule has 6 heteroatoms. The molecule has 2 rings (SSSR count). The van der Waals surface area contributed by atoms with Crippen molar-refractivity contribution in [1.82, 2.24) is 24.9 Å². The average Bonchev–Trinajstić information content (AvgIpc) is 3.05. The molecule has 2 aromatic rings. The Morgan fingerprint density at radius 3 is 2.57 bits per heavy atom. The number of ether oxygens (including phenoxy) is 1. The zero-order valence-corrected chi connectivity index (χ0v) is 13.6. The Morgan fingerprint density at radius 1 is 1.29 bits per heavy atom. The normalized spacial score (nSPS) is 12.6. The van der Waals surface area contributed by atoms with Gasteiger partial charge in [-0.1, -0.05) is 6.92 Å². The number of hydrogen-bond donors (Lipinski definition) is 1. The number of aromatic nitrogens is 4. The molecule has 2 aromatic heterocycles. The van der Waals surface area contributed by atoms with Crippen molar-refractivity contribution in [2.45, 2.75) is 39.8 Å². The molecular weight excluding hydrogens is 266 g/mol. The van der Waals surface area contributed by atoms with E-state index in [2.05, 4.69) is 36.3 Å². The van der Waals surface area contributed by atoms with Gasteiger partial charge in [-0.2, -0.15) is 10.2 Å². The molecule has 1 N–H and O–H groups in total. The van der Waals surface area contributed by atoms with Crippen molar-refractivity contribution >= 4 is 0 Å². The van der Waals surface area contributed by atoms with Gasteiger partial charge in [0.25, 0.3) is 0 Å². The van der Waals surface area contributed by atoms with Gasteiger partial charge in [0.1, 0.15) is 5.69 Å². The van der Waals surface area contributed by atoms with E-state index >= 15 is 0 Å². The summed E-state index contributed by atoms with van der Waals surface area (Å²) in [4.78, 5) is 0. The molecule has 2 heterocycles. The smallest absolute Gasteiger partial charge is 0.161 e. The molecule has 1 unspecified atom stereocenters. The Bertz CT molecular complexity index is 565. The number of methoxy groups -OCH3 is 1. The van der Waals surface area contributed by atoms with Gasteiger partial charge in [-0.3, -0.25) is 9.36 Å². The van der Waals surface area contributed by atoms with E-state index in [4.69, 9.17) is 4.74 Å². The van der Waals surface area contributed by atoms with Gasteiger partial charge in [-0.05, 0) is 26.8 Å². The second-order valence-electron chi connectivity index (χ2n) is 5.11. The lowest BCUT2D eigenvalue weighted by Gasteiger charge is -2.21. The minimum Gasteiger partial charge on any atom is -0.493 e. The van der Waals surface area contributed by atoms with Crippen LogP contribution in [0.3, 0.4) is 0 Å². The van der Waals surface area contributed by atoms with Gasteiger partial charge in [0.05, 0.1) is 25.5 Å². The fraction of sp³-hybridized carbons (Fsp3) is 0.600. The summed E-state index contributed by atoms with van der Waals surface area (Å²) in [5.41, 5.74) is 3.37. The Balaban J connectivity index is 2.50. The third-order valence-corrected chi connectivity index (χ3v) is 3.82. The molecule has 0 spiro atoms. The van der Waals surface area contributed by atoms with Crippen molar-refractivity contribution in [3.05, 3.63) is 29.3 Å². The van der Waals surface area contributed by atoms with E-state index < -0.39 is 0 Å². The van der Waals surface area contributed by atoms with Crippen LogP contribution in [-0.4, -0.2) is 33.2 Å². The van der Waals surface area contributed by atoms with Crippen LogP contribution in [0.1, 0.15) is 43.3 Å². The highest BCUT2D eigenvalue weighted by molar-refractivity contribution is 5.37. The number of aryl methyl sites for hydroxylation is 2. The number of rotatable bonds is 7. The lowest BCUT2D eigenvalue weighted by molar-refractivity contribution is 0.398. The topological polar surface area (TPSA) is 56.9 Å². The Kier molecular flexibility index (Phi) is 5.01. The minimum atomic E-state index is 0.0380. The molecule has 0 aliphatic rings. The average molecular weight is 291 g/mol. The summed E-state index contributed by atoms with van der Waals surface area (Å²) < 4.78 is 9.39. The zero-order chi connectivity index (χ0) is 15.4. The second-order valence-corrected chi connectivity index (χ2v) is 5.11. The van der Waals surface area contributed by atoms with Crippen LogP contribution in [0, 0.1) is 6.92 Å². The Hall–Kier alpha value is -1.82. The van der Waals surface area contributed by atoms with Gasteiger partial charge < -0.3 is 10.1 Å². The molecule has 6 nitrogen and oxygen atoms in total. The first-order valence-corrected chi connectivity index (χ1v) is 7.45. The molecule has 0 radical (unpaired) electrons. The quantitative estimate of drug-likeness (QED) is 0.848. The molecule has 0 aromatic carbocycles. The maximum Gasteiger partial charge on any atom is 0.161 e. The summed E-state index contributed by atoms with van der Waals surface area (Å²) in [7, 11) is 3.65. The third kappa shape index (κ3) is 2.95. The van der Waals surface area contributed by atoms with Crippen LogP contribution in [0.25, 0.3) is 0 Å². The van der Waals surface area contributed by atoms with Crippen LogP contribution in [0.2, 0.25) is 0 Å². The van der Waals surface area contributed by atoms with Crippen molar-refractivity contribution in [1.29, 1.82) is 0 Å². The Labute approximate surface area is 126 Å². The van der Waals surface area contributed by atoms with E-state index in [9.17, 15) is 0 Å². The predicted octanol–water partition coefficient (Wildman–Crippen LogP) is 2.04. The van der Waals surface area contributed by atoms with Crippen LogP contribution < -0.4 is 10.1 Å². The van der Waals surface area contributed by atoms with Crippen molar-refractivity contribution in [3.63, 3.8) is 0 Å². The van der Waals surface area contributed by atoms with Crippen LogP contribution in [0.4, 0.5) is 0 Å². The van der Waals surface area contributed by atoms with Gasteiger partial charge in [0.2, 0.25) is 0 Å². The van der Waals surface area contributed by atoms with E-state index in [1.54, 1.807) is 13.3 Å². The standard InChI is InChI=1S/C15H25N5O/c1-6-8-16-14(12-9-17-19(4)11(12)3)15-13(21-5)10-18-20(15)7-2/h9-10,14,16H,6-8H2,1-5H3. The first-order valence-electron chi connectivity index (χ1n) is 7.45. The van der Waals surface area contributed by atoms with Crippen LogP contribution in [0.5, 0.6) is 5.75 Å². The molecule has 0 saturated heterocycles. The molecule has 116 valence electrons. The van der Waals surface area contributed by atoms with Crippen molar-refractivity contribution in [3.8, 4) is 5.75 Å². The summed E-state index contributed by atoms with van der Waals surface area (Å²) in [6, 6.07) is 0.0380. The molecule has 0 bridgehead atoms. The van der Waals surface area contributed by atoms with E-state index in [-0.39, 0.29) is 6.04 Å². The van der Waals surface area contributed by atoms with Crippen LogP contribution in [0.15, 0.2) is 12.4 Å². The Morgan fingerprint density at radius 2 is 2.05 bits per heavy atom. The van der Waals surface area contributed by atoms with Gasteiger partial charge in [0.15, 0.2) is 5.75 Å². The van der Waals surface area contributed by atoms with Gasteiger partial charge in [-0.15, -0.1) is 0 Å². The lowest BCUT2D eigenvalue weighted by Crippen LogP contribution is -2.26. The molecular formula is C15H25N5O. The number of nitrogens with zero attached hydrogens (tertiary/aromatic N) is 4. The van der Waals surface area contributed by atoms with Crippen molar-refractivity contribution < 1.29 is 4.74 Å². The first kappa shape index (κ1) is 15.6. The molecule has 21 heavy (non-hydrogen) atoms. The maximum atomic E-state index is 5.51. The fourth-order valence-corrected chi connectivity index (χ4v) is 2.52. The molecule has 0 fully saturated rings. The highest BCUT2D eigenvalue weighted by Crippen LogP contribution is 2.31. The zero-order valence-electron chi connectivity index (χ0n) is 13.6. The van der Waals surface area contributed by atoms with Gasteiger partial charge in [0, 0.05) is 24.8 Å². The van der Waals surface area contributed by atoms with E-state index in [0.29, 0.717) is 0 Å². The van der Waals surface area contributed by atoms with Crippen LogP contribution >= 0.6 is 0 Å². The van der Waals surface area contributed by atoms with Gasteiger partial charge >= 0.3 is 0 Å². The van der Waals surface area contributed by atoms with Crippen LogP contribution in [-0.2, 0) is 13.6 Å². The molecule has 0 aliphatic heterocycles. The summed E-state index contributed by atoms with van der Waals surface area (Å²) in [6.45, 7) is 8.07. The molecule has 0 saturated carbocycles. The van der Waals surface area contributed by atoms with E-state index in [1.807, 2.05) is 22.6 Å². The minimum absolute atomic E-state index is 0.0380. The highest BCUT2D eigenvalue weighted by Gasteiger charge is 2.25. The van der Waals surface area contributed by atoms with Gasteiger partial charge in [-0.25, -0.2) is 0 Å². The van der Waals surface area contributed by atoms with Crippen molar-refractivity contribution in [2.24, 2.45) is 7.05 Å². The molecule has 1 atom stereocenters. The van der Waals surface area contributed by atoms with E-state index in [0.717, 1.165) is 36.6 Å². The lowest BCUT2D eigenvalue weighted by atomic mass is 10.0. The highest BCUT2D eigenvalue weighted by atomic mass is 16.5. The molecule has 0 amide bonds. The summed E-state index contributed by atoms with van der Waals surface area (Å²) >= 11 is 0. The predicted molar refractivity (Wildman–Crippen MR) is 82.5 cm³/mol. The third-order valence-electron chi connectivity index (χ3n) is 3.82. The monoisotopic (exact) mass is 291 g/mol. The van der Waals surface area contributed by atoms with E-state index in [1.165, 1.54) is 5.56 Å². The summed E-state index contributed by atoms with van der Waals surface area (Å²) in [5.74, 6) is 0.814. The maximum absolute atomic E-state index is 5.51. The summed E-state index contributed by atoms with van der Waals surface area (Å²) in [5, 5.41) is 12.4. The number of hydrogen-bond acceptors (Lipinski definition) is 4. The first-order chi connectivity index (χ1) is 10.1. The second kappa shape index (κ2) is 6.76. The largest absolute Gasteiger partial charge is 0.493 e. The summed E-state index contributed by atoms with van der Waals surface area (Å²) in [6.07, 6.45) is 4.78.